The van der Waals surface area contributed by atoms with E-state index in [1.165, 1.54) is 0 Å². The van der Waals surface area contributed by atoms with E-state index < -0.39 is 0 Å². The van der Waals surface area contributed by atoms with Gasteiger partial charge >= 0.3 is 0 Å². The van der Waals surface area contributed by atoms with Gasteiger partial charge in [-0.2, -0.15) is 5.10 Å². The maximum absolute atomic E-state index is 12.8. The van der Waals surface area contributed by atoms with Crippen LogP contribution in [0.3, 0.4) is 0 Å². The summed E-state index contributed by atoms with van der Waals surface area (Å²) < 4.78 is 7.04. The molecule has 0 bridgehead atoms. The quantitative estimate of drug-likeness (QED) is 0.700. The number of benzene rings is 1. The molecule has 8 nitrogen and oxygen atoms in total. The lowest BCUT2D eigenvalue weighted by Crippen LogP contribution is -2.49. The Morgan fingerprint density at radius 2 is 1.89 bits per heavy atom. The van der Waals surface area contributed by atoms with Crippen LogP contribution in [0.5, 0.6) is 5.75 Å². The van der Waals surface area contributed by atoms with Crippen LogP contribution < -0.4 is 9.64 Å². The lowest BCUT2D eigenvalue weighted by molar-refractivity contribution is 0.0746. The number of para-hydroxylation sites is 2. The number of methoxy groups -OCH3 is 1. The molecule has 2 aromatic heterocycles. The summed E-state index contributed by atoms with van der Waals surface area (Å²) in [6, 6.07) is 7.57. The van der Waals surface area contributed by atoms with E-state index in [2.05, 4.69) is 20.0 Å². The number of hydrogen-bond acceptors (Lipinski definition) is 6. The molecule has 0 spiro atoms. The number of aromatic nitrogens is 4. The monoisotopic (exact) mass is 364 g/mol. The van der Waals surface area contributed by atoms with Gasteiger partial charge in [-0.15, -0.1) is 0 Å². The predicted molar refractivity (Wildman–Crippen MR) is 100 cm³/mol. The highest BCUT2D eigenvalue weighted by molar-refractivity contribution is 5.94. The molecule has 1 aromatic carbocycles. The van der Waals surface area contributed by atoms with E-state index in [4.69, 9.17) is 4.74 Å². The van der Waals surface area contributed by atoms with Crippen molar-refractivity contribution in [1.29, 1.82) is 0 Å². The van der Waals surface area contributed by atoms with E-state index in [0.29, 0.717) is 24.4 Å². The van der Waals surface area contributed by atoms with E-state index in [9.17, 15) is 4.79 Å². The summed E-state index contributed by atoms with van der Waals surface area (Å²) in [6.07, 6.45) is 8.43. The molecule has 0 saturated carbocycles. The van der Waals surface area contributed by atoms with Crippen molar-refractivity contribution in [1.82, 2.24) is 24.6 Å². The van der Waals surface area contributed by atoms with Gasteiger partial charge in [0.25, 0.3) is 5.91 Å². The molecule has 3 heterocycles. The van der Waals surface area contributed by atoms with Crippen molar-refractivity contribution in [2.24, 2.45) is 0 Å². The second-order valence-corrected chi connectivity index (χ2v) is 6.19. The van der Waals surface area contributed by atoms with Gasteiger partial charge in [0.15, 0.2) is 0 Å². The lowest BCUT2D eigenvalue weighted by atomic mass is 10.2. The SMILES string of the molecule is COc1ccccc1-n1cc(C(=O)N2CCN(c3cnccn3)CC2)cn1. The predicted octanol–water partition coefficient (Wildman–Crippen LogP) is 1.63. The minimum atomic E-state index is -0.0186. The van der Waals surface area contributed by atoms with Crippen molar-refractivity contribution in [3.63, 3.8) is 0 Å². The highest BCUT2D eigenvalue weighted by atomic mass is 16.5. The van der Waals surface area contributed by atoms with Gasteiger partial charge in [0.1, 0.15) is 17.3 Å². The molecule has 8 heteroatoms. The number of carbonyl (C=O) groups is 1. The first-order valence-corrected chi connectivity index (χ1v) is 8.74. The van der Waals surface area contributed by atoms with Crippen molar-refractivity contribution in [2.75, 3.05) is 38.2 Å². The Kier molecular flexibility index (Phi) is 4.69. The molecule has 0 radical (unpaired) electrons. The smallest absolute Gasteiger partial charge is 0.257 e. The summed E-state index contributed by atoms with van der Waals surface area (Å²) in [4.78, 5) is 25.2. The molecule has 3 aromatic rings. The maximum Gasteiger partial charge on any atom is 0.257 e. The van der Waals surface area contributed by atoms with Gasteiger partial charge in [-0.1, -0.05) is 12.1 Å². The van der Waals surface area contributed by atoms with Crippen molar-refractivity contribution in [3.8, 4) is 11.4 Å². The fourth-order valence-electron chi connectivity index (χ4n) is 3.16. The molecule has 27 heavy (non-hydrogen) atoms. The average molecular weight is 364 g/mol. The van der Waals surface area contributed by atoms with Crippen molar-refractivity contribution in [3.05, 3.63) is 60.8 Å². The fraction of sp³-hybridized carbons (Fsp3) is 0.263. The van der Waals surface area contributed by atoms with Crippen LogP contribution in [0, 0.1) is 0 Å². The standard InChI is InChI=1S/C19H20N6O2/c1-27-17-5-3-2-4-16(17)25-14-15(12-22-25)19(26)24-10-8-23(9-11-24)18-13-20-6-7-21-18/h2-7,12-14H,8-11H2,1H3. The minimum absolute atomic E-state index is 0.0186. The maximum atomic E-state index is 12.8. The molecule has 1 aliphatic heterocycles. The normalized spacial score (nSPS) is 14.3. The van der Waals surface area contributed by atoms with Crippen LogP contribution in [0.15, 0.2) is 55.2 Å². The van der Waals surface area contributed by atoms with Crippen LogP contribution in [0.1, 0.15) is 10.4 Å². The Morgan fingerprint density at radius 3 is 2.63 bits per heavy atom. The summed E-state index contributed by atoms with van der Waals surface area (Å²) in [6.45, 7) is 2.72. The highest BCUT2D eigenvalue weighted by Crippen LogP contribution is 2.22. The number of ether oxygens (including phenoxy) is 1. The first-order chi connectivity index (χ1) is 13.3. The minimum Gasteiger partial charge on any atom is -0.494 e. The van der Waals surface area contributed by atoms with Crippen LogP contribution >= 0.6 is 0 Å². The molecule has 0 unspecified atom stereocenters. The summed E-state index contributed by atoms with van der Waals surface area (Å²) in [5.41, 5.74) is 1.36. The molecule has 1 fully saturated rings. The van der Waals surface area contributed by atoms with Crippen LogP contribution in [-0.4, -0.2) is 63.8 Å². The average Bonchev–Trinajstić information content (AvgIpc) is 3.24. The third-order valence-electron chi connectivity index (χ3n) is 4.60. The molecule has 1 aliphatic rings. The van der Waals surface area contributed by atoms with Crippen LogP contribution in [-0.2, 0) is 0 Å². The number of carbonyl (C=O) groups excluding carboxylic acids is 1. The molecule has 4 rings (SSSR count). The number of hydrogen-bond donors (Lipinski definition) is 0. The Bertz CT molecular complexity index is 919. The van der Waals surface area contributed by atoms with Gasteiger partial charge in [-0.05, 0) is 12.1 Å². The molecule has 1 amide bonds. The van der Waals surface area contributed by atoms with E-state index in [1.807, 2.05) is 29.2 Å². The van der Waals surface area contributed by atoms with Gasteiger partial charge < -0.3 is 14.5 Å². The Labute approximate surface area is 157 Å². The number of rotatable bonds is 4. The Morgan fingerprint density at radius 1 is 1.07 bits per heavy atom. The highest BCUT2D eigenvalue weighted by Gasteiger charge is 2.24. The molecule has 138 valence electrons. The third-order valence-corrected chi connectivity index (χ3v) is 4.60. The molecule has 0 N–H and O–H groups in total. The van der Waals surface area contributed by atoms with E-state index in [-0.39, 0.29) is 5.91 Å². The number of amides is 1. The van der Waals surface area contributed by atoms with Crippen molar-refractivity contribution in [2.45, 2.75) is 0 Å². The second-order valence-electron chi connectivity index (χ2n) is 6.19. The van der Waals surface area contributed by atoms with Gasteiger partial charge in [-0.3, -0.25) is 9.78 Å². The zero-order chi connectivity index (χ0) is 18.6. The van der Waals surface area contributed by atoms with Gasteiger partial charge in [0, 0.05) is 44.8 Å². The first-order valence-electron chi connectivity index (χ1n) is 8.74. The summed E-state index contributed by atoms with van der Waals surface area (Å²) in [5, 5.41) is 4.33. The zero-order valence-corrected chi connectivity index (χ0v) is 15.0. The topological polar surface area (TPSA) is 76.4 Å². The van der Waals surface area contributed by atoms with Crippen molar-refractivity contribution < 1.29 is 9.53 Å². The third kappa shape index (κ3) is 3.46. The largest absolute Gasteiger partial charge is 0.494 e. The fourth-order valence-corrected chi connectivity index (χ4v) is 3.16. The summed E-state index contributed by atoms with van der Waals surface area (Å²) in [5.74, 6) is 1.53. The van der Waals surface area contributed by atoms with E-state index in [1.54, 1.807) is 42.8 Å². The number of piperazine rings is 1. The molecular weight excluding hydrogens is 344 g/mol. The molecular formula is C19H20N6O2. The lowest BCUT2D eigenvalue weighted by Gasteiger charge is -2.35. The Hall–Kier alpha value is -3.42. The van der Waals surface area contributed by atoms with Crippen LogP contribution in [0.4, 0.5) is 5.82 Å². The first kappa shape index (κ1) is 17.0. The molecule has 0 aliphatic carbocycles. The van der Waals surface area contributed by atoms with E-state index in [0.717, 1.165) is 24.6 Å². The van der Waals surface area contributed by atoms with Gasteiger partial charge in [0.05, 0.1) is 25.1 Å². The zero-order valence-electron chi connectivity index (χ0n) is 15.0. The second kappa shape index (κ2) is 7.45. The van der Waals surface area contributed by atoms with Crippen LogP contribution in [0.2, 0.25) is 0 Å². The van der Waals surface area contributed by atoms with Gasteiger partial charge in [-0.25, -0.2) is 9.67 Å². The Balaban J connectivity index is 1.45. The summed E-state index contributed by atoms with van der Waals surface area (Å²) >= 11 is 0. The number of anilines is 1. The van der Waals surface area contributed by atoms with Crippen LogP contribution in [0.25, 0.3) is 5.69 Å². The molecule has 1 saturated heterocycles. The number of nitrogens with zero attached hydrogens (tertiary/aromatic N) is 6. The summed E-state index contributed by atoms with van der Waals surface area (Å²) in [7, 11) is 1.62. The van der Waals surface area contributed by atoms with Crippen molar-refractivity contribution >= 4 is 11.7 Å². The van der Waals surface area contributed by atoms with Gasteiger partial charge in [0.2, 0.25) is 0 Å². The van der Waals surface area contributed by atoms with E-state index >= 15 is 0 Å². The molecule has 0 atom stereocenters.